The molecule has 0 amide bonds. The van der Waals surface area contributed by atoms with Crippen LogP contribution >= 0.6 is 0 Å². The van der Waals surface area contributed by atoms with Gasteiger partial charge in [0.25, 0.3) is 0 Å². The number of allylic oxidation sites excluding steroid dienone is 7. The zero-order valence-electron chi connectivity index (χ0n) is 35.0. The van der Waals surface area contributed by atoms with Crippen LogP contribution in [0.4, 0.5) is 0 Å². The van der Waals surface area contributed by atoms with Gasteiger partial charge in [-0.05, 0) is 109 Å². The standard InChI is InChI=1S/C52H68O4/c1-5-9-13-17-21-38-25-27-40(23-19-15-11-7-3)42(35-38)33-34-52-45(37-44-46(53)29-30-47(54)50(44)51(52)48(55)31-32-49(52)56)43-36-39(22-18-14-10-6-2)26-28-41(43)24-20-16-12-8-4/h25-37,45,50-51H,5-24H2,1-4H3/b34-33+/t45-,50+,51-,52-/m0/s1. The van der Waals surface area contributed by atoms with Gasteiger partial charge >= 0.3 is 0 Å². The second kappa shape index (κ2) is 21.6. The molecular formula is C52H68O4. The molecule has 0 aliphatic heterocycles. The quantitative estimate of drug-likeness (QED) is 0.106. The summed E-state index contributed by atoms with van der Waals surface area (Å²) in [6, 6.07) is 13.6. The highest BCUT2D eigenvalue weighted by molar-refractivity contribution is 6.21. The smallest absolute Gasteiger partial charge is 0.182 e. The molecule has 2 aromatic carbocycles. The maximum Gasteiger partial charge on any atom is 0.182 e. The minimum Gasteiger partial charge on any atom is -0.294 e. The van der Waals surface area contributed by atoms with Crippen LogP contribution in [0.1, 0.15) is 170 Å². The lowest BCUT2D eigenvalue weighted by Gasteiger charge is -2.49. The van der Waals surface area contributed by atoms with Crippen molar-refractivity contribution in [2.75, 3.05) is 0 Å². The van der Waals surface area contributed by atoms with Crippen LogP contribution in [0.25, 0.3) is 6.08 Å². The number of ketones is 4. The van der Waals surface area contributed by atoms with Crippen LogP contribution in [-0.2, 0) is 44.9 Å². The molecule has 0 saturated heterocycles. The summed E-state index contributed by atoms with van der Waals surface area (Å²) in [6.45, 7) is 8.90. The van der Waals surface area contributed by atoms with Crippen molar-refractivity contribution in [3.05, 3.63) is 112 Å². The van der Waals surface area contributed by atoms with Crippen molar-refractivity contribution in [3.8, 4) is 0 Å². The van der Waals surface area contributed by atoms with Crippen molar-refractivity contribution in [3.63, 3.8) is 0 Å². The monoisotopic (exact) mass is 757 g/mol. The lowest BCUT2D eigenvalue weighted by molar-refractivity contribution is -0.140. The lowest BCUT2D eigenvalue weighted by Crippen LogP contribution is -2.55. The summed E-state index contributed by atoms with van der Waals surface area (Å²) in [5, 5.41) is 0. The number of aryl methyl sites for hydroxylation is 4. The van der Waals surface area contributed by atoms with Gasteiger partial charge in [0, 0.05) is 11.5 Å². The van der Waals surface area contributed by atoms with Crippen LogP contribution in [0, 0.1) is 17.3 Å². The van der Waals surface area contributed by atoms with E-state index in [1.807, 2.05) is 12.2 Å². The Balaban J connectivity index is 1.70. The molecule has 0 N–H and O–H groups in total. The molecule has 0 fully saturated rings. The van der Waals surface area contributed by atoms with Gasteiger partial charge in [0.1, 0.15) is 0 Å². The second-order valence-corrected chi connectivity index (χ2v) is 16.8. The second-order valence-electron chi connectivity index (χ2n) is 16.8. The zero-order chi connectivity index (χ0) is 39.9. The van der Waals surface area contributed by atoms with Crippen LogP contribution in [-0.4, -0.2) is 23.1 Å². The largest absolute Gasteiger partial charge is 0.294 e. The van der Waals surface area contributed by atoms with E-state index in [2.05, 4.69) is 70.2 Å². The van der Waals surface area contributed by atoms with Crippen molar-refractivity contribution in [1.29, 1.82) is 0 Å². The molecule has 56 heavy (non-hydrogen) atoms. The van der Waals surface area contributed by atoms with E-state index in [1.165, 1.54) is 92.4 Å². The summed E-state index contributed by atoms with van der Waals surface area (Å²) >= 11 is 0. The van der Waals surface area contributed by atoms with Gasteiger partial charge in [-0.3, -0.25) is 19.2 Å². The number of benzene rings is 2. The molecule has 4 nitrogen and oxygen atoms in total. The Morgan fingerprint density at radius 2 is 1.09 bits per heavy atom. The summed E-state index contributed by atoms with van der Waals surface area (Å²) in [5.74, 6) is -3.51. The topological polar surface area (TPSA) is 68.3 Å². The van der Waals surface area contributed by atoms with Gasteiger partial charge in [0.05, 0.1) is 17.3 Å². The molecule has 0 heterocycles. The summed E-state index contributed by atoms with van der Waals surface area (Å²) in [5.41, 5.74) is 6.01. The first-order valence-electron chi connectivity index (χ1n) is 22.5. The fourth-order valence-corrected chi connectivity index (χ4v) is 9.45. The van der Waals surface area contributed by atoms with Crippen LogP contribution in [0.15, 0.2) is 78.4 Å². The number of carbonyl (C=O) groups is 4. The summed E-state index contributed by atoms with van der Waals surface area (Å²) in [6.07, 6.45) is 33.7. The van der Waals surface area contributed by atoms with E-state index in [4.69, 9.17) is 0 Å². The van der Waals surface area contributed by atoms with Gasteiger partial charge in [-0.25, -0.2) is 0 Å². The number of fused-ring (bicyclic) bond motifs is 3. The Labute approximate surface area is 338 Å². The number of hydrogen-bond acceptors (Lipinski definition) is 4. The molecule has 2 aromatic rings. The van der Waals surface area contributed by atoms with E-state index in [0.29, 0.717) is 5.57 Å². The van der Waals surface area contributed by atoms with Gasteiger partial charge in [-0.2, -0.15) is 0 Å². The number of rotatable bonds is 23. The van der Waals surface area contributed by atoms with Crippen molar-refractivity contribution < 1.29 is 19.2 Å². The van der Waals surface area contributed by atoms with E-state index >= 15 is 0 Å². The van der Waals surface area contributed by atoms with Crippen LogP contribution in [0.3, 0.4) is 0 Å². The molecule has 0 unspecified atom stereocenters. The minimum atomic E-state index is -1.36. The SMILES string of the molecule is CCCCCCc1ccc(CCCCCC)c(/C=C/[C@]23C(=O)C=CC(=O)[C@H]2[C@H]2C(=O)C=CC(=O)C2=C[C@H]3c2cc(CCCCCC)ccc2CCCCCC)c1. The highest BCUT2D eigenvalue weighted by atomic mass is 16.2. The van der Waals surface area contributed by atoms with Crippen molar-refractivity contribution >= 4 is 29.2 Å². The number of hydrogen-bond donors (Lipinski definition) is 0. The molecule has 3 aliphatic carbocycles. The predicted molar refractivity (Wildman–Crippen MR) is 232 cm³/mol. The molecule has 0 saturated carbocycles. The van der Waals surface area contributed by atoms with Crippen molar-refractivity contribution in [2.24, 2.45) is 17.3 Å². The average molecular weight is 757 g/mol. The molecule has 0 aromatic heterocycles. The zero-order valence-corrected chi connectivity index (χ0v) is 35.0. The van der Waals surface area contributed by atoms with E-state index in [-0.39, 0.29) is 23.1 Å². The van der Waals surface area contributed by atoms with E-state index in [9.17, 15) is 19.2 Å². The Bertz CT molecular complexity index is 1800. The predicted octanol–water partition coefficient (Wildman–Crippen LogP) is 12.5. The molecular weight excluding hydrogens is 689 g/mol. The molecule has 5 rings (SSSR count). The summed E-state index contributed by atoms with van der Waals surface area (Å²) in [4.78, 5) is 56.9. The van der Waals surface area contributed by atoms with E-state index < -0.39 is 23.2 Å². The van der Waals surface area contributed by atoms with Gasteiger partial charge in [0.15, 0.2) is 23.1 Å². The molecule has 0 bridgehead atoms. The highest BCUT2D eigenvalue weighted by Gasteiger charge is 2.61. The highest BCUT2D eigenvalue weighted by Crippen LogP contribution is 2.57. The van der Waals surface area contributed by atoms with Crippen molar-refractivity contribution in [1.82, 2.24) is 0 Å². The normalized spacial score (nSPS) is 21.9. The Morgan fingerprint density at radius 1 is 0.554 bits per heavy atom. The maximum absolute atomic E-state index is 15.0. The third kappa shape index (κ3) is 10.3. The van der Waals surface area contributed by atoms with Gasteiger partial charge in [-0.15, -0.1) is 0 Å². The van der Waals surface area contributed by atoms with Gasteiger partial charge in [-0.1, -0.05) is 159 Å². The molecule has 4 heteroatoms. The van der Waals surface area contributed by atoms with Gasteiger partial charge < -0.3 is 0 Å². The average Bonchev–Trinajstić information content (AvgIpc) is 3.21. The van der Waals surface area contributed by atoms with E-state index in [0.717, 1.165) is 93.7 Å². The van der Waals surface area contributed by atoms with Crippen LogP contribution < -0.4 is 0 Å². The fraction of sp³-hybridized carbons (Fsp3) is 0.538. The number of unbranched alkanes of at least 4 members (excludes halogenated alkanes) is 12. The Morgan fingerprint density at radius 3 is 1.70 bits per heavy atom. The minimum absolute atomic E-state index is 0.168. The Kier molecular flexibility index (Phi) is 16.6. The first-order valence-corrected chi connectivity index (χ1v) is 22.5. The lowest BCUT2D eigenvalue weighted by atomic mass is 9.49. The molecule has 0 radical (unpaired) electrons. The van der Waals surface area contributed by atoms with Crippen LogP contribution in [0.2, 0.25) is 0 Å². The fourth-order valence-electron chi connectivity index (χ4n) is 9.45. The number of carbonyl (C=O) groups excluding carboxylic acids is 4. The third-order valence-electron chi connectivity index (χ3n) is 12.7. The Hall–Kier alpha value is -3.92. The van der Waals surface area contributed by atoms with E-state index in [1.54, 1.807) is 0 Å². The molecule has 0 spiro atoms. The molecule has 300 valence electrons. The summed E-state index contributed by atoms with van der Waals surface area (Å²) in [7, 11) is 0. The first kappa shape index (κ1) is 43.2. The maximum atomic E-state index is 15.0. The van der Waals surface area contributed by atoms with Crippen molar-refractivity contribution in [2.45, 2.75) is 162 Å². The third-order valence-corrected chi connectivity index (χ3v) is 12.7. The van der Waals surface area contributed by atoms with Gasteiger partial charge in [0.2, 0.25) is 0 Å². The first-order chi connectivity index (χ1) is 27.3. The molecule has 3 aliphatic rings. The molecule has 4 atom stereocenters. The van der Waals surface area contributed by atoms with Crippen LogP contribution in [0.5, 0.6) is 0 Å². The summed E-state index contributed by atoms with van der Waals surface area (Å²) < 4.78 is 0.